The fourth-order valence-electron chi connectivity index (χ4n) is 3.14. The van der Waals surface area contributed by atoms with Gasteiger partial charge in [-0.05, 0) is 66.1 Å². The lowest BCUT2D eigenvalue weighted by molar-refractivity contribution is 0.611. The van der Waals surface area contributed by atoms with Gasteiger partial charge >= 0.3 is 0 Å². The van der Waals surface area contributed by atoms with Crippen LogP contribution in [0, 0.1) is 9.39 Å². The van der Waals surface area contributed by atoms with E-state index in [0.29, 0.717) is 5.69 Å². The molecule has 5 heteroatoms. The molecule has 0 fully saturated rings. The Labute approximate surface area is 154 Å². The summed E-state index contributed by atoms with van der Waals surface area (Å²) in [5.41, 5.74) is 3.68. The van der Waals surface area contributed by atoms with Crippen LogP contribution in [-0.4, -0.2) is 16.3 Å². The lowest BCUT2D eigenvalue weighted by Gasteiger charge is -2.09. The summed E-state index contributed by atoms with van der Waals surface area (Å²) in [6.45, 7) is 0.888. The lowest BCUT2D eigenvalue weighted by atomic mass is 10.0. The largest absolute Gasteiger partial charge is 0.370 e. The van der Waals surface area contributed by atoms with Gasteiger partial charge in [-0.3, -0.25) is 0 Å². The highest BCUT2D eigenvalue weighted by molar-refractivity contribution is 14.1. The molecule has 0 radical (unpaired) electrons. The summed E-state index contributed by atoms with van der Waals surface area (Å²) in [6, 6.07) is 15.1. The predicted molar refractivity (Wildman–Crippen MR) is 103 cm³/mol. The Morgan fingerprint density at radius 3 is 2.62 bits per heavy atom. The maximum atomic E-state index is 14.3. The highest BCUT2D eigenvalue weighted by atomic mass is 127. The molecule has 2 aromatic carbocycles. The number of nitrogens with zero attached hydrogens (tertiary/aromatic N) is 2. The first kappa shape index (κ1) is 15.6. The number of hydrogen-bond donors (Lipinski definition) is 1. The molecule has 1 aliphatic rings. The van der Waals surface area contributed by atoms with Gasteiger partial charge in [0.1, 0.15) is 17.3 Å². The van der Waals surface area contributed by atoms with Gasteiger partial charge in [0.05, 0.1) is 5.69 Å². The first-order valence-corrected chi connectivity index (χ1v) is 9.18. The van der Waals surface area contributed by atoms with E-state index in [-0.39, 0.29) is 5.82 Å². The summed E-state index contributed by atoms with van der Waals surface area (Å²) in [7, 11) is 0. The molecule has 1 aromatic heterocycles. The molecule has 0 saturated heterocycles. The third-order valence-electron chi connectivity index (χ3n) is 4.33. The van der Waals surface area contributed by atoms with E-state index in [4.69, 9.17) is 5.10 Å². The van der Waals surface area contributed by atoms with Gasteiger partial charge in [0.15, 0.2) is 0 Å². The first-order valence-electron chi connectivity index (χ1n) is 8.10. The average Bonchev–Trinajstić information content (AvgIpc) is 2.78. The number of aromatic nitrogens is 2. The van der Waals surface area contributed by atoms with E-state index in [1.807, 2.05) is 6.07 Å². The molecule has 3 nitrogen and oxygen atoms in total. The standard InChI is InChI=1S/C19H17FIN3/c20-16-6-1-2-7-17(16)24-19-15(5-3-4-12-22-19)18(23-24)13-8-10-14(21)11-9-13/h1-2,6-11,22H,3-5,12H2. The summed E-state index contributed by atoms with van der Waals surface area (Å²) >= 11 is 2.30. The van der Waals surface area contributed by atoms with Crippen LogP contribution in [0.4, 0.5) is 10.2 Å². The van der Waals surface area contributed by atoms with E-state index in [1.54, 1.807) is 16.8 Å². The van der Waals surface area contributed by atoms with Crippen molar-refractivity contribution in [2.75, 3.05) is 11.9 Å². The SMILES string of the molecule is Fc1ccccc1-n1nc(-c2ccc(I)cc2)c2c1NCCCC2. The Bertz CT molecular complexity index is 871. The third-order valence-corrected chi connectivity index (χ3v) is 5.05. The molecule has 0 spiro atoms. The number of fused-ring (bicyclic) bond motifs is 1. The first-order chi connectivity index (χ1) is 11.7. The second kappa shape index (κ2) is 6.55. The van der Waals surface area contributed by atoms with Gasteiger partial charge in [-0.2, -0.15) is 5.10 Å². The van der Waals surface area contributed by atoms with Crippen molar-refractivity contribution in [3.8, 4) is 16.9 Å². The minimum Gasteiger partial charge on any atom is -0.370 e. The van der Waals surface area contributed by atoms with Crippen molar-refractivity contribution < 1.29 is 4.39 Å². The highest BCUT2D eigenvalue weighted by Gasteiger charge is 2.22. The van der Waals surface area contributed by atoms with E-state index in [1.165, 1.54) is 15.2 Å². The molecule has 0 unspecified atom stereocenters. The molecular weight excluding hydrogens is 416 g/mol. The normalized spacial score (nSPS) is 13.9. The number of para-hydroxylation sites is 1. The Kier molecular flexibility index (Phi) is 4.26. The van der Waals surface area contributed by atoms with Gasteiger partial charge in [0.25, 0.3) is 0 Å². The minimum absolute atomic E-state index is 0.261. The second-order valence-electron chi connectivity index (χ2n) is 5.93. The molecule has 1 aliphatic heterocycles. The predicted octanol–water partition coefficient (Wildman–Crippen LogP) is 5.03. The van der Waals surface area contributed by atoms with E-state index in [2.05, 4.69) is 52.2 Å². The second-order valence-corrected chi connectivity index (χ2v) is 7.18. The van der Waals surface area contributed by atoms with Gasteiger partial charge in [-0.1, -0.05) is 24.3 Å². The van der Waals surface area contributed by atoms with Gasteiger partial charge in [-0.15, -0.1) is 0 Å². The molecule has 0 amide bonds. The maximum absolute atomic E-state index is 14.3. The van der Waals surface area contributed by atoms with Crippen LogP contribution in [0.25, 0.3) is 16.9 Å². The van der Waals surface area contributed by atoms with Crippen molar-refractivity contribution in [3.63, 3.8) is 0 Å². The van der Waals surface area contributed by atoms with Crippen molar-refractivity contribution in [1.29, 1.82) is 0 Å². The average molecular weight is 433 g/mol. The topological polar surface area (TPSA) is 29.9 Å². The van der Waals surface area contributed by atoms with Crippen LogP contribution in [0.3, 0.4) is 0 Å². The lowest BCUT2D eigenvalue weighted by Crippen LogP contribution is -2.08. The molecule has 3 aromatic rings. The number of anilines is 1. The van der Waals surface area contributed by atoms with Crippen LogP contribution < -0.4 is 5.32 Å². The van der Waals surface area contributed by atoms with Gasteiger partial charge in [0, 0.05) is 21.2 Å². The van der Waals surface area contributed by atoms with Gasteiger partial charge < -0.3 is 5.32 Å². The fourth-order valence-corrected chi connectivity index (χ4v) is 3.50. The zero-order chi connectivity index (χ0) is 16.5. The molecule has 122 valence electrons. The quantitative estimate of drug-likeness (QED) is 0.575. The Morgan fingerprint density at radius 2 is 1.83 bits per heavy atom. The van der Waals surface area contributed by atoms with Crippen LogP contribution in [0.2, 0.25) is 0 Å². The van der Waals surface area contributed by atoms with Crippen LogP contribution in [0.5, 0.6) is 0 Å². The van der Waals surface area contributed by atoms with Crippen LogP contribution >= 0.6 is 22.6 Å². The number of nitrogens with one attached hydrogen (secondary N) is 1. The van der Waals surface area contributed by atoms with E-state index >= 15 is 0 Å². The highest BCUT2D eigenvalue weighted by Crippen LogP contribution is 2.34. The maximum Gasteiger partial charge on any atom is 0.148 e. The minimum atomic E-state index is -0.261. The van der Waals surface area contributed by atoms with Crippen molar-refractivity contribution in [2.45, 2.75) is 19.3 Å². The monoisotopic (exact) mass is 433 g/mol. The Hall–Kier alpha value is -1.89. The summed E-state index contributed by atoms with van der Waals surface area (Å²) < 4.78 is 17.2. The van der Waals surface area contributed by atoms with Crippen LogP contribution in [0.15, 0.2) is 48.5 Å². The van der Waals surface area contributed by atoms with Crippen LogP contribution in [0.1, 0.15) is 18.4 Å². The summed E-state index contributed by atoms with van der Waals surface area (Å²) in [5.74, 6) is 0.661. The van der Waals surface area contributed by atoms with Gasteiger partial charge in [0.2, 0.25) is 0 Å². The fraction of sp³-hybridized carbons (Fsp3) is 0.211. The molecule has 2 heterocycles. The van der Waals surface area contributed by atoms with Crippen LogP contribution in [-0.2, 0) is 6.42 Å². The zero-order valence-corrected chi connectivity index (χ0v) is 15.3. The Balaban J connectivity index is 1.92. The van der Waals surface area contributed by atoms with Crippen molar-refractivity contribution in [1.82, 2.24) is 9.78 Å². The van der Waals surface area contributed by atoms with Crippen molar-refractivity contribution in [3.05, 3.63) is 63.5 Å². The molecule has 0 bridgehead atoms. The molecule has 0 atom stereocenters. The molecule has 0 saturated carbocycles. The van der Waals surface area contributed by atoms with Crippen molar-refractivity contribution >= 4 is 28.4 Å². The van der Waals surface area contributed by atoms with E-state index in [9.17, 15) is 4.39 Å². The number of halogens is 2. The molecule has 4 rings (SSSR count). The molecule has 24 heavy (non-hydrogen) atoms. The summed E-state index contributed by atoms with van der Waals surface area (Å²) in [4.78, 5) is 0. The van der Waals surface area contributed by atoms with Gasteiger partial charge in [-0.25, -0.2) is 9.07 Å². The smallest absolute Gasteiger partial charge is 0.148 e. The van der Waals surface area contributed by atoms with E-state index in [0.717, 1.165) is 42.9 Å². The summed E-state index contributed by atoms with van der Waals surface area (Å²) in [6.07, 6.45) is 3.18. The molecular formula is C19H17FIN3. The number of rotatable bonds is 2. The molecule has 1 N–H and O–H groups in total. The third kappa shape index (κ3) is 2.81. The van der Waals surface area contributed by atoms with E-state index < -0.39 is 0 Å². The van der Waals surface area contributed by atoms with Crippen molar-refractivity contribution in [2.24, 2.45) is 0 Å². The summed E-state index contributed by atoms with van der Waals surface area (Å²) in [5, 5.41) is 8.23. The number of hydrogen-bond acceptors (Lipinski definition) is 2. The molecule has 0 aliphatic carbocycles. The number of benzene rings is 2. The Morgan fingerprint density at radius 1 is 1.04 bits per heavy atom. The zero-order valence-electron chi connectivity index (χ0n) is 13.1.